The van der Waals surface area contributed by atoms with Crippen LogP contribution in [0.4, 0.5) is 11.4 Å². The van der Waals surface area contributed by atoms with Crippen LogP contribution in [-0.4, -0.2) is 67.8 Å². The number of thiophene rings is 1. The molecule has 9 nitrogen and oxygen atoms in total. The number of nitrogens with zero attached hydrogens (tertiary/aromatic N) is 3. The van der Waals surface area contributed by atoms with E-state index in [1.54, 1.807) is 11.4 Å². The quantitative estimate of drug-likeness (QED) is 0.432. The zero-order valence-electron chi connectivity index (χ0n) is 17.1. The van der Waals surface area contributed by atoms with Gasteiger partial charge < -0.3 is 19.8 Å². The van der Waals surface area contributed by atoms with Crippen molar-refractivity contribution in [2.45, 2.75) is 0 Å². The molecule has 0 aliphatic carbocycles. The van der Waals surface area contributed by atoms with Crippen LogP contribution in [0.1, 0.15) is 0 Å². The number of fused-ring (bicyclic) bond motifs is 2. The van der Waals surface area contributed by atoms with E-state index in [1.807, 2.05) is 18.2 Å². The van der Waals surface area contributed by atoms with E-state index in [0.717, 1.165) is 43.6 Å². The summed E-state index contributed by atoms with van der Waals surface area (Å²) in [5, 5.41) is 2.43. The lowest BCUT2D eigenvalue weighted by Gasteiger charge is -2.34. The zero-order chi connectivity index (χ0) is 21.8. The molecule has 0 unspecified atom stereocenters. The number of imidazole rings is 1. The molecule has 31 heavy (non-hydrogen) atoms. The van der Waals surface area contributed by atoms with Crippen LogP contribution in [0.15, 0.2) is 34.4 Å². The summed E-state index contributed by atoms with van der Waals surface area (Å²) in [4.78, 5) is 28.8. The third-order valence-corrected chi connectivity index (χ3v) is 6.90. The van der Waals surface area contributed by atoms with Crippen molar-refractivity contribution in [3.8, 4) is 11.4 Å². The number of piperazine rings is 1. The molecule has 0 spiro atoms. The SMILES string of the molecule is CN1CCN(c2ccc3nc(-c4c(NS(C)(=O)=O)c5ccsc5[nH]c4=O)[nH]c3c2)CC1. The Labute approximate surface area is 182 Å². The van der Waals surface area contributed by atoms with Crippen molar-refractivity contribution < 1.29 is 8.42 Å². The van der Waals surface area contributed by atoms with E-state index in [0.29, 0.717) is 21.6 Å². The Morgan fingerprint density at radius 2 is 1.90 bits per heavy atom. The molecular weight excluding hydrogens is 436 g/mol. The summed E-state index contributed by atoms with van der Waals surface area (Å²) in [6.07, 6.45) is 1.07. The molecule has 0 amide bonds. The average Bonchev–Trinajstić information content (AvgIpc) is 3.33. The minimum atomic E-state index is -3.60. The van der Waals surface area contributed by atoms with Crippen molar-refractivity contribution in [3.05, 3.63) is 40.0 Å². The number of nitrogens with one attached hydrogen (secondary N) is 3. The topological polar surface area (TPSA) is 114 Å². The largest absolute Gasteiger partial charge is 0.369 e. The fraction of sp³-hybridized carbons (Fsp3) is 0.300. The molecule has 0 atom stereocenters. The Morgan fingerprint density at radius 3 is 2.65 bits per heavy atom. The second kappa shape index (κ2) is 7.36. The Hall–Kier alpha value is -2.89. The fourth-order valence-corrected chi connectivity index (χ4v) is 5.28. The van der Waals surface area contributed by atoms with Crippen molar-refractivity contribution in [3.63, 3.8) is 0 Å². The first kappa shape index (κ1) is 20.0. The highest BCUT2D eigenvalue weighted by Crippen LogP contribution is 2.34. The van der Waals surface area contributed by atoms with E-state index >= 15 is 0 Å². The summed E-state index contributed by atoms with van der Waals surface area (Å²) in [6, 6.07) is 7.75. The molecular formula is C20H22N6O3S2. The van der Waals surface area contributed by atoms with E-state index in [-0.39, 0.29) is 11.3 Å². The van der Waals surface area contributed by atoms with Crippen LogP contribution < -0.4 is 15.2 Å². The maximum atomic E-state index is 12.9. The van der Waals surface area contributed by atoms with Gasteiger partial charge in [-0.15, -0.1) is 11.3 Å². The van der Waals surface area contributed by atoms with Crippen LogP contribution >= 0.6 is 11.3 Å². The summed E-state index contributed by atoms with van der Waals surface area (Å²) in [5.41, 5.74) is 2.60. The lowest BCUT2D eigenvalue weighted by atomic mass is 10.2. The summed E-state index contributed by atoms with van der Waals surface area (Å²) in [5.74, 6) is 0.325. The van der Waals surface area contributed by atoms with Crippen molar-refractivity contribution in [1.29, 1.82) is 0 Å². The fourth-order valence-electron chi connectivity index (χ4n) is 3.91. The predicted octanol–water partition coefficient (Wildman–Crippen LogP) is 2.26. The van der Waals surface area contributed by atoms with Crippen LogP contribution in [-0.2, 0) is 10.0 Å². The number of aromatic nitrogens is 3. The van der Waals surface area contributed by atoms with Gasteiger partial charge in [-0.3, -0.25) is 9.52 Å². The molecule has 4 heterocycles. The minimum Gasteiger partial charge on any atom is -0.369 e. The molecule has 0 saturated carbocycles. The number of sulfonamides is 1. The lowest BCUT2D eigenvalue weighted by molar-refractivity contribution is 0.313. The average molecular weight is 459 g/mol. The van der Waals surface area contributed by atoms with Crippen LogP contribution in [0.3, 0.4) is 0 Å². The standard InChI is InChI=1S/C20H22N6O3S2/c1-25-6-8-26(9-7-25)12-3-4-14-15(11-12)22-18(21-14)16-17(24-31(2,28)29)13-5-10-30-20(13)23-19(16)27/h3-5,10-11H,6-9H2,1-2H3,(H,21,22)(H2,23,24,27). The second-order valence-corrected chi connectivity index (χ2v) is 10.5. The smallest absolute Gasteiger partial charge is 0.262 e. The minimum absolute atomic E-state index is 0.175. The molecule has 1 saturated heterocycles. The summed E-state index contributed by atoms with van der Waals surface area (Å²) >= 11 is 1.34. The molecule has 4 aromatic rings. The normalized spacial score (nSPS) is 15.7. The van der Waals surface area contributed by atoms with Gasteiger partial charge in [0.2, 0.25) is 10.0 Å². The summed E-state index contributed by atoms with van der Waals surface area (Å²) in [7, 11) is -1.48. The van der Waals surface area contributed by atoms with Crippen molar-refractivity contribution in [1.82, 2.24) is 19.9 Å². The number of benzene rings is 1. The van der Waals surface area contributed by atoms with Gasteiger partial charge in [-0.1, -0.05) is 0 Å². The number of H-pyrrole nitrogens is 2. The summed E-state index contributed by atoms with van der Waals surface area (Å²) < 4.78 is 26.5. The molecule has 1 fully saturated rings. The van der Waals surface area contributed by atoms with Gasteiger partial charge in [0, 0.05) is 37.3 Å². The Morgan fingerprint density at radius 1 is 1.13 bits per heavy atom. The van der Waals surface area contributed by atoms with Crippen LogP contribution in [0.25, 0.3) is 32.6 Å². The Kier molecular flexibility index (Phi) is 4.76. The number of hydrogen-bond acceptors (Lipinski definition) is 7. The number of anilines is 2. The van der Waals surface area contributed by atoms with Crippen LogP contribution in [0.5, 0.6) is 0 Å². The number of aromatic amines is 2. The molecule has 162 valence electrons. The highest BCUT2D eigenvalue weighted by atomic mass is 32.2. The lowest BCUT2D eigenvalue weighted by Crippen LogP contribution is -2.44. The monoisotopic (exact) mass is 458 g/mol. The van der Waals surface area contributed by atoms with Crippen molar-refractivity contribution >= 4 is 54.0 Å². The second-order valence-electron chi connectivity index (χ2n) is 7.82. The molecule has 1 aliphatic rings. The molecule has 3 aromatic heterocycles. The van der Waals surface area contributed by atoms with Gasteiger partial charge in [-0.2, -0.15) is 0 Å². The van der Waals surface area contributed by atoms with Crippen LogP contribution in [0.2, 0.25) is 0 Å². The number of pyridine rings is 1. The molecule has 0 radical (unpaired) electrons. The number of likely N-dealkylation sites (N-methyl/N-ethyl adjacent to an activating group) is 1. The van der Waals surface area contributed by atoms with Crippen molar-refractivity contribution in [2.75, 3.05) is 49.1 Å². The highest BCUT2D eigenvalue weighted by molar-refractivity contribution is 7.92. The number of rotatable bonds is 4. The Bertz CT molecular complexity index is 1440. The van der Waals surface area contributed by atoms with E-state index in [1.165, 1.54) is 11.3 Å². The maximum Gasteiger partial charge on any atom is 0.262 e. The zero-order valence-corrected chi connectivity index (χ0v) is 18.7. The molecule has 1 aliphatic heterocycles. The van der Waals surface area contributed by atoms with Gasteiger partial charge in [-0.05, 0) is 36.7 Å². The van der Waals surface area contributed by atoms with Crippen molar-refractivity contribution in [2.24, 2.45) is 0 Å². The van der Waals surface area contributed by atoms with E-state index in [4.69, 9.17) is 0 Å². The molecule has 3 N–H and O–H groups in total. The molecule has 0 bridgehead atoms. The molecule has 1 aromatic carbocycles. The predicted molar refractivity (Wildman–Crippen MR) is 126 cm³/mol. The Balaban J connectivity index is 1.63. The van der Waals surface area contributed by atoms with Gasteiger partial charge in [0.15, 0.2) is 0 Å². The maximum absolute atomic E-state index is 12.9. The molecule has 11 heteroatoms. The van der Waals surface area contributed by atoms with E-state index in [9.17, 15) is 13.2 Å². The van der Waals surface area contributed by atoms with Gasteiger partial charge in [0.05, 0.1) is 23.0 Å². The van der Waals surface area contributed by atoms with Gasteiger partial charge in [0.25, 0.3) is 5.56 Å². The molecule has 5 rings (SSSR count). The first-order valence-electron chi connectivity index (χ1n) is 9.83. The highest BCUT2D eigenvalue weighted by Gasteiger charge is 2.21. The van der Waals surface area contributed by atoms with Gasteiger partial charge in [-0.25, -0.2) is 13.4 Å². The van der Waals surface area contributed by atoms with E-state index < -0.39 is 15.6 Å². The first-order valence-corrected chi connectivity index (χ1v) is 12.6. The van der Waals surface area contributed by atoms with Gasteiger partial charge in [0.1, 0.15) is 16.2 Å². The third-order valence-electron chi connectivity index (χ3n) is 5.50. The van der Waals surface area contributed by atoms with Gasteiger partial charge >= 0.3 is 0 Å². The van der Waals surface area contributed by atoms with E-state index in [2.05, 4.69) is 36.5 Å². The first-order chi connectivity index (χ1) is 14.8. The third kappa shape index (κ3) is 3.80. The number of hydrogen-bond donors (Lipinski definition) is 3. The summed E-state index contributed by atoms with van der Waals surface area (Å²) in [6.45, 7) is 3.89. The van der Waals surface area contributed by atoms with Crippen LogP contribution in [0, 0.1) is 0 Å².